The van der Waals surface area contributed by atoms with Gasteiger partial charge in [0, 0.05) is 0 Å². The summed E-state index contributed by atoms with van der Waals surface area (Å²) in [6.45, 7) is 0. The minimum Gasteiger partial charge on any atom is -0.494 e. The normalized spacial score (nSPS) is 10.8. The molecule has 0 aliphatic carbocycles. The highest BCUT2D eigenvalue weighted by atomic mass is 19.1. The number of nitrogens with zero attached hydrogens (tertiary/aromatic N) is 1. The van der Waals surface area contributed by atoms with Gasteiger partial charge in [0.15, 0.2) is 11.1 Å². The third-order valence-electron chi connectivity index (χ3n) is 2.89. The van der Waals surface area contributed by atoms with Gasteiger partial charge in [-0.25, -0.2) is 9.37 Å². The van der Waals surface area contributed by atoms with Crippen LogP contribution < -0.4 is 10.5 Å². The average molecular weight is 258 g/mol. The second kappa shape index (κ2) is 4.28. The fourth-order valence-electron chi connectivity index (χ4n) is 1.93. The molecule has 2 N–H and O–H groups in total. The Balaban J connectivity index is 2.24. The molecule has 0 saturated heterocycles. The molecule has 0 radical (unpaired) electrons. The smallest absolute Gasteiger partial charge is 0.229 e. The quantitative estimate of drug-likeness (QED) is 0.717. The number of anilines is 1. The number of hydrogen-bond donors (Lipinski definition) is 1. The van der Waals surface area contributed by atoms with Crippen LogP contribution in [-0.2, 0) is 0 Å². The van der Waals surface area contributed by atoms with Crippen molar-refractivity contribution in [2.24, 2.45) is 0 Å². The van der Waals surface area contributed by atoms with E-state index in [1.165, 1.54) is 6.07 Å². The summed E-state index contributed by atoms with van der Waals surface area (Å²) >= 11 is 0. The van der Waals surface area contributed by atoms with E-state index in [4.69, 9.17) is 14.9 Å². The van der Waals surface area contributed by atoms with Gasteiger partial charge in [-0.3, -0.25) is 0 Å². The maximum Gasteiger partial charge on any atom is 0.229 e. The molecule has 19 heavy (non-hydrogen) atoms. The first-order valence-corrected chi connectivity index (χ1v) is 5.68. The lowest BCUT2D eigenvalue weighted by atomic mass is 10.2. The van der Waals surface area contributed by atoms with Crippen LogP contribution in [0.2, 0.25) is 0 Å². The molecule has 3 aromatic rings. The Morgan fingerprint density at radius 2 is 2.00 bits per heavy atom. The highest BCUT2D eigenvalue weighted by Crippen LogP contribution is 2.33. The molecule has 0 aliphatic rings. The minimum atomic E-state index is -0.494. The lowest BCUT2D eigenvalue weighted by molar-refractivity contribution is 0.419. The molecule has 0 fully saturated rings. The van der Waals surface area contributed by atoms with Gasteiger partial charge in [-0.05, 0) is 24.3 Å². The monoisotopic (exact) mass is 258 g/mol. The Morgan fingerprint density at radius 1 is 1.21 bits per heavy atom. The first kappa shape index (κ1) is 11.5. The third-order valence-corrected chi connectivity index (χ3v) is 2.89. The van der Waals surface area contributed by atoms with Gasteiger partial charge in [0.25, 0.3) is 0 Å². The van der Waals surface area contributed by atoms with E-state index < -0.39 is 5.82 Å². The molecule has 3 rings (SSSR count). The van der Waals surface area contributed by atoms with E-state index in [0.29, 0.717) is 22.4 Å². The summed E-state index contributed by atoms with van der Waals surface area (Å²) in [5.41, 5.74) is 7.31. The van der Waals surface area contributed by atoms with Crippen molar-refractivity contribution in [3.8, 4) is 17.2 Å². The standard InChI is InChI=1S/C14H11FN2O2/c1-18-10-6-3-7-11-13(10)17-14(19-11)8-4-2-5-9(15)12(8)16/h2-7H,16H2,1H3. The highest BCUT2D eigenvalue weighted by Gasteiger charge is 2.15. The van der Waals surface area contributed by atoms with Gasteiger partial charge in [-0.2, -0.15) is 0 Å². The largest absolute Gasteiger partial charge is 0.494 e. The van der Waals surface area contributed by atoms with E-state index in [2.05, 4.69) is 4.98 Å². The number of ether oxygens (including phenoxy) is 1. The van der Waals surface area contributed by atoms with Crippen molar-refractivity contribution >= 4 is 16.8 Å². The molecule has 0 amide bonds. The zero-order valence-corrected chi connectivity index (χ0v) is 10.2. The van der Waals surface area contributed by atoms with Crippen LogP contribution in [0.3, 0.4) is 0 Å². The summed E-state index contributed by atoms with van der Waals surface area (Å²) in [5.74, 6) is 0.380. The van der Waals surface area contributed by atoms with Crippen LogP contribution in [0.5, 0.6) is 5.75 Å². The number of nitrogen functional groups attached to an aromatic ring is 1. The van der Waals surface area contributed by atoms with Crippen molar-refractivity contribution in [2.45, 2.75) is 0 Å². The van der Waals surface area contributed by atoms with Crippen LogP contribution in [0, 0.1) is 5.82 Å². The fraction of sp³-hybridized carbons (Fsp3) is 0.0714. The molecule has 0 aliphatic heterocycles. The van der Waals surface area contributed by atoms with Crippen molar-refractivity contribution in [1.29, 1.82) is 0 Å². The molecular formula is C14H11FN2O2. The number of rotatable bonds is 2. The predicted molar refractivity (Wildman–Crippen MR) is 70.4 cm³/mol. The number of para-hydroxylation sites is 2. The zero-order valence-electron chi connectivity index (χ0n) is 10.2. The molecule has 1 aromatic heterocycles. The van der Waals surface area contributed by atoms with Gasteiger partial charge in [-0.15, -0.1) is 0 Å². The molecule has 4 nitrogen and oxygen atoms in total. The lowest BCUT2D eigenvalue weighted by Gasteiger charge is -2.01. The SMILES string of the molecule is COc1cccc2oc(-c3cccc(F)c3N)nc12. The molecule has 96 valence electrons. The Kier molecular flexibility index (Phi) is 2.59. The molecular weight excluding hydrogens is 247 g/mol. The molecule has 0 saturated carbocycles. The first-order chi connectivity index (χ1) is 9.20. The van der Waals surface area contributed by atoms with Crippen LogP contribution in [0.25, 0.3) is 22.6 Å². The molecule has 0 spiro atoms. The number of halogens is 1. The maximum atomic E-state index is 13.4. The number of nitrogens with two attached hydrogens (primary N) is 1. The van der Waals surface area contributed by atoms with Crippen LogP contribution in [-0.4, -0.2) is 12.1 Å². The molecule has 1 heterocycles. The van der Waals surface area contributed by atoms with Gasteiger partial charge >= 0.3 is 0 Å². The van der Waals surface area contributed by atoms with Crippen molar-refractivity contribution in [3.05, 3.63) is 42.2 Å². The topological polar surface area (TPSA) is 61.3 Å². The fourth-order valence-corrected chi connectivity index (χ4v) is 1.93. The van der Waals surface area contributed by atoms with Crippen LogP contribution in [0.4, 0.5) is 10.1 Å². The molecule has 0 atom stereocenters. The van der Waals surface area contributed by atoms with Crippen molar-refractivity contribution < 1.29 is 13.5 Å². The molecule has 5 heteroatoms. The maximum absolute atomic E-state index is 13.4. The molecule has 0 unspecified atom stereocenters. The van der Waals surface area contributed by atoms with Crippen molar-refractivity contribution in [3.63, 3.8) is 0 Å². The summed E-state index contributed by atoms with van der Waals surface area (Å²) in [5, 5.41) is 0. The van der Waals surface area contributed by atoms with E-state index in [9.17, 15) is 4.39 Å². The summed E-state index contributed by atoms with van der Waals surface area (Å²) in [4.78, 5) is 4.32. The highest BCUT2D eigenvalue weighted by molar-refractivity contribution is 5.84. The summed E-state index contributed by atoms with van der Waals surface area (Å²) in [7, 11) is 1.56. The average Bonchev–Trinajstić information content (AvgIpc) is 2.85. The van der Waals surface area contributed by atoms with E-state index >= 15 is 0 Å². The Morgan fingerprint density at radius 3 is 2.79 bits per heavy atom. The van der Waals surface area contributed by atoms with E-state index in [0.717, 1.165) is 0 Å². The van der Waals surface area contributed by atoms with Crippen molar-refractivity contribution in [2.75, 3.05) is 12.8 Å². The van der Waals surface area contributed by atoms with Gasteiger partial charge in [0.05, 0.1) is 18.4 Å². The number of fused-ring (bicyclic) bond motifs is 1. The van der Waals surface area contributed by atoms with Crippen LogP contribution >= 0.6 is 0 Å². The zero-order chi connectivity index (χ0) is 13.4. The van der Waals surface area contributed by atoms with Gasteiger partial charge < -0.3 is 14.9 Å². The van der Waals surface area contributed by atoms with Crippen molar-refractivity contribution in [1.82, 2.24) is 4.98 Å². The number of aromatic nitrogens is 1. The lowest BCUT2D eigenvalue weighted by Crippen LogP contribution is -1.94. The predicted octanol–water partition coefficient (Wildman–Crippen LogP) is 3.22. The molecule has 2 aromatic carbocycles. The van der Waals surface area contributed by atoms with Gasteiger partial charge in [0.2, 0.25) is 5.89 Å². The van der Waals surface area contributed by atoms with Gasteiger partial charge in [0.1, 0.15) is 11.6 Å². The second-order valence-corrected chi connectivity index (χ2v) is 4.03. The Labute approximate surface area is 108 Å². The first-order valence-electron chi connectivity index (χ1n) is 5.68. The number of oxazole rings is 1. The van der Waals surface area contributed by atoms with Crippen LogP contribution in [0.15, 0.2) is 40.8 Å². The van der Waals surface area contributed by atoms with Gasteiger partial charge in [-0.1, -0.05) is 12.1 Å². The molecule has 0 bridgehead atoms. The summed E-state index contributed by atoms with van der Waals surface area (Å²) < 4.78 is 24.2. The Bertz CT molecular complexity index is 752. The minimum absolute atomic E-state index is 0.0213. The van der Waals surface area contributed by atoms with Crippen LogP contribution in [0.1, 0.15) is 0 Å². The summed E-state index contributed by atoms with van der Waals surface area (Å²) in [6.07, 6.45) is 0. The third kappa shape index (κ3) is 1.79. The number of benzene rings is 2. The van der Waals surface area contributed by atoms with E-state index in [1.807, 2.05) is 0 Å². The van der Waals surface area contributed by atoms with E-state index in [1.54, 1.807) is 37.4 Å². The van der Waals surface area contributed by atoms with E-state index in [-0.39, 0.29) is 11.6 Å². The summed E-state index contributed by atoms with van der Waals surface area (Å²) in [6, 6.07) is 9.86. The number of hydrogen-bond acceptors (Lipinski definition) is 4. The Hall–Kier alpha value is -2.56. The second-order valence-electron chi connectivity index (χ2n) is 4.03. The number of methoxy groups -OCH3 is 1.